The molecule has 0 atom stereocenters. The molecule has 74 valence electrons. The quantitative estimate of drug-likeness (QED) is 0.433. The largest absolute Gasteiger partial charge is 1.00 e. The summed E-state index contributed by atoms with van der Waals surface area (Å²) in [5, 5.41) is 0. The van der Waals surface area contributed by atoms with Crippen molar-refractivity contribution < 1.29 is 32.8 Å². The van der Waals surface area contributed by atoms with Crippen LogP contribution in [0.1, 0.15) is 41.5 Å². The van der Waals surface area contributed by atoms with Gasteiger partial charge in [0, 0.05) is 0 Å². The van der Waals surface area contributed by atoms with Crippen LogP contribution < -0.4 is 23.8 Å². The van der Waals surface area contributed by atoms with Gasteiger partial charge in [0.25, 0.3) is 0 Å². The standard InChI is InChI=1S/C8H18O3P.Li/c1-7(2,3)10-12(9)11-8(4,5)6;/h1-6H3;/q-1;+1. The first-order chi connectivity index (χ1) is 5.10. The molecule has 0 rings (SSSR count). The Bertz CT molecular complexity index is 123. The Hall–Kier alpha value is 0.907. The fourth-order valence-electron chi connectivity index (χ4n) is 0.466. The third kappa shape index (κ3) is 12.9. The Balaban J connectivity index is 0. The Morgan fingerprint density at radius 1 is 0.846 bits per heavy atom. The van der Waals surface area contributed by atoms with Crippen molar-refractivity contribution in [1.82, 2.24) is 0 Å². The van der Waals surface area contributed by atoms with Gasteiger partial charge in [-0.1, -0.05) is 0 Å². The van der Waals surface area contributed by atoms with E-state index in [2.05, 4.69) is 0 Å². The van der Waals surface area contributed by atoms with Gasteiger partial charge in [-0.25, -0.2) is 0 Å². The first kappa shape index (κ1) is 16.3. The van der Waals surface area contributed by atoms with E-state index in [0.29, 0.717) is 0 Å². The summed E-state index contributed by atoms with van der Waals surface area (Å²) in [5.74, 6) is 0. The molecule has 0 aliphatic heterocycles. The van der Waals surface area contributed by atoms with Gasteiger partial charge in [0.05, 0.1) is 19.8 Å². The van der Waals surface area contributed by atoms with Crippen molar-refractivity contribution >= 4 is 8.60 Å². The summed E-state index contributed by atoms with van der Waals surface area (Å²) >= 11 is 0. The number of rotatable bonds is 2. The minimum absolute atomic E-state index is 0. The van der Waals surface area contributed by atoms with Crippen molar-refractivity contribution in [2.24, 2.45) is 0 Å². The maximum atomic E-state index is 11.2. The van der Waals surface area contributed by atoms with Crippen molar-refractivity contribution in [1.29, 1.82) is 0 Å². The van der Waals surface area contributed by atoms with E-state index in [-0.39, 0.29) is 18.9 Å². The van der Waals surface area contributed by atoms with Crippen molar-refractivity contribution in [3.63, 3.8) is 0 Å². The Labute approximate surface area is 94.4 Å². The van der Waals surface area contributed by atoms with Gasteiger partial charge >= 0.3 is 18.9 Å². The zero-order valence-corrected chi connectivity index (χ0v) is 10.6. The predicted octanol–water partition coefficient (Wildman–Crippen LogP) is -0.792. The molecule has 0 spiro atoms. The van der Waals surface area contributed by atoms with Crippen LogP contribution in [-0.4, -0.2) is 11.2 Å². The molecule has 0 fully saturated rings. The molecule has 5 heteroatoms. The van der Waals surface area contributed by atoms with Crippen LogP contribution in [0.2, 0.25) is 0 Å². The molecule has 0 saturated carbocycles. The number of hydrogen-bond donors (Lipinski definition) is 0. The van der Waals surface area contributed by atoms with Crippen LogP contribution in [0, 0.1) is 0 Å². The number of hydrogen-bond acceptors (Lipinski definition) is 3. The van der Waals surface area contributed by atoms with E-state index in [0.717, 1.165) is 0 Å². The minimum atomic E-state index is -2.01. The maximum Gasteiger partial charge on any atom is 1.00 e. The molecule has 0 N–H and O–H groups in total. The van der Waals surface area contributed by atoms with Crippen molar-refractivity contribution in [2.75, 3.05) is 0 Å². The van der Waals surface area contributed by atoms with Gasteiger partial charge in [-0.3, -0.25) is 0 Å². The minimum Gasteiger partial charge on any atom is -0.786 e. The average Bonchev–Trinajstić information content (AvgIpc) is 1.49. The molecule has 0 aromatic rings. The molecule has 0 aromatic heterocycles. The average molecular weight is 200 g/mol. The Morgan fingerprint density at radius 3 is 1.23 bits per heavy atom. The maximum absolute atomic E-state index is 11.2. The van der Waals surface area contributed by atoms with Crippen LogP contribution in [0.4, 0.5) is 0 Å². The first-order valence-electron chi connectivity index (χ1n) is 3.96. The van der Waals surface area contributed by atoms with E-state index in [1.807, 2.05) is 41.5 Å². The normalized spacial score (nSPS) is 12.9. The molecular formula is C8H18LiO3P. The van der Waals surface area contributed by atoms with Crippen molar-refractivity contribution in [3.8, 4) is 0 Å². The molecule has 3 nitrogen and oxygen atoms in total. The van der Waals surface area contributed by atoms with E-state index >= 15 is 0 Å². The predicted molar refractivity (Wildman–Crippen MR) is 48.6 cm³/mol. The summed E-state index contributed by atoms with van der Waals surface area (Å²) in [7, 11) is -2.01. The molecule has 0 aliphatic rings. The summed E-state index contributed by atoms with van der Waals surface area (Å²) in [6.07, 6.45) is 0. The second-order valence-corrected chi connectivity index (χ2v) is 5.44. The van der Waals surface area contributed by atoms with Crippen LogP contribution in [0.15, 0.2) is 0 Å². The summed E-state index contributed by atoms with van der Waals surface area (Å²) in [6.45, 7) is 11.0. The van der Waals surface area contributed by atoms with E-state index < -0.39 is 19.8 Å². The summed E-state index contributed by atoms with van der Waals surface area (Å²) in [6, 6.07) is 0. The summed E-state index contributed by atoms with van der Waals surface area (Å²) < 4.78 is 10.2. The van der Waals surface area contributed by atoms with Crippen LogP contribution in [0.3, 0.4) is 0 Å². The monoisotopic (exact) mass is 200 g/mol. The smallest absolute Gasteiger partial charge is 0.786 e. The van der Waals surface area contributed by atoms with Crippen LogP contribution in [-0.2, 0) is 9.05 Å². The first-order valence-corrected chi connectivity index (χ1v) is 5.05. The summed E-state index contributed by atoms with van der Waals surface area (Å²) in [5.41, 5.74) is -0.836. The molecule has 0 unspecified atom stereocenters. The van der Waals surface area contributed by atoms with Crippen LogP contribution >= 0.6 is 8.60 Å². The zero-order chi connectivity index (χ0) is 9.99. The van der Waals surface area contributed by atoms with E-state index in [4.69, 9.17) is 9.05 Å². The molecular weight excluding hydrogens is 182 g/mol. The van der Waals surface area contributed by atoms with Gasteiger partial charge in [-0.15, -0.1) is 0 Å². The van der Waals surface area contributed by atoms with E-state index in [1.54, 1.807) is 0 Å². The van der Waals surface area contributed by atoms with E-state index in [1.165, 1.54) is 0 Å². The van der Waals surface area contributed by atoms with Crippen LogP contribution in [0.25, 0.3) is 0 Å². The molecule has 0 radical (unpaired) electrons. The van der Waals surface area contributed by atoms with Gasteiger partial charge in [0.1, 0.15) is 0 Å². The topological polar surface area (TPSA) is 41.5 Å². The molecule has 0 aliphatic carbocycles. The van der Waals surface area contributed by atoms with E-state index in [9.17, 15) is 4.89 Å². The van der Waals surface area contributed by atoms with Gasteiger partial charge in [0.2, 0.25) is 0 Å². The fourth-order valence-corrected chi connectivity index (χ4v) is 1.40. The molecule has 0 heterocycles. The van der Waals surface area contributed by atoms with Gasteiger partial charge in [-0.05, 0) is 41.5 Å². The molecule has 0 saturated heterocycles. The molecule has 0 aromatic carbocycles. The van der Waals surface area contributed by atoms with Gasteiger partial charge < -0.3 is 13.9 Å². The van der Waals surface area contributed by atoms with Crippen molar-refractivity contribution in [3.05, 3.63) is 0 Å². The van der Waals surface area contributed by atoms with Gasteiger partial charge in [-0.2, -0.15) is 0 Å². The van der Waals surface area contributed by atoms with Crippen LogP contribution in [0.5, 0.6) is 0 Å². The third-order valence-corrected chi connectivity index (χ3v) is 2.09. The Morgan fingerprint density at radius 2 is 1.08 bits per heavy atom. The third-order valence-electron chi connectivity index (χ3n) is 0.697. The molecule has 13 heavy (non-hydrogen) atoms. The second-order valence-electron chi connectivity index (χ2n) is 4.63. The zero-order valence-electron chi connectivity index (χ0n) is 9.67. The fraction of sp³-hybridized carbons (Fsp3) is 1.00. The summed E-state index contributed by atoms with van der Waals surface area (Å²) in [4.78, 5) is 11.2. The molecule has 0 amide bonds. The molecule has 0 bridgehead atoms. The van der Waals surface area contributed by atoms with Gasteiger partial charge in [0.15, 0.2) is 0 Å². The second kappa shape index (κ2) is 5.71. The SMILES string of the molecule is CC(C)(C)OP([O-])OC(C)(C)C.[Li+]. The Kier molecular flexibility index (Phi) is 7.17. The van der Waals surface area contributed by atoms with Crippen molar-refractivity contribution in [2.45, 2.75) is 52.7 Å².